The van der Waals surface area contributed by atoms with Crippen LogP contribution in [0.2, 0.25) is 0 Å². The molecule has 1 aromatic carbocycles. The Balaban J connectivity index is 2.33. The highest BCUT2D eigenvalue weighted by Crippen LogP contribution is 2.27. The lowest BCUT2D eigenvalue weighted by molar-refractivity contribution is -0.140. The summed E-state index contributed by atoms with van der Waals surface area (Å²) in [5.74, 6) is -0.452. The highest BCUT2D eigenvalue weighted by Gasteiger charge is 2.24. The van der Waals surface area contributed by atoms with Gasteiger partial charge < -0.3 is 9.64 Å². The van der Waals surface area contributed by atoms with Crippen molar-refractivity contribution in [3.8, 4) is 0 Å². The maximum Gasteiger partial charge on any atom is 0.325 e. The minimum Gasteiger partial charge on any atom is -0.468 e. The second-order valence-corrected chi connectivity index (χ2v) is 3.86. The molecule has 0 bridgehead atoms. The molecule has 1 amide bonds. The molecule has 4 heteroatoms. The van der Waals surface area contributed by atoms with Crippen molar-refractivity contribution in [2.75, 3.05) is 18.6 Å². The molecule has 0 saturated heterocycles. The van der Waals surface area contributed by atoms with E-state index in [1.165, 1.54) is 12.0 Å². The van der Waals surface area contributed by atoms with Gasteiger partial charge >= 0.3 is 5.97 Å². The Hall–Kier alpha value is -1.84. The molecular formula is C13H14NO3. The van der Waals surface area contributed by atoms with Crippen molar-refractivity contribution >= 4 is 17.6 Å². The molecule has 1 heterocycles. The number of ether oxygens (including phenoxy) is 1. The van der Waals surface area contributed by atoms with Crippen molar-refractivity contribution in [3.05, 3.63) is 36.2 Å². The Morgan fingerprint density at radius 3 is 2.94 bits per heavy atom. The number of rotatable bonds is 2. The number of carbonyl (C=O) groups excluding carboxylic acids is 2. The van der Waals surface area contributed by atoms with Crippen molar-refractivity contribution in [2.45, 2.75) is 12.8 Å². The largest absolute Gasteiger partial charge is 0.468 e. The number of hydrogen-bond acceptors (Lipinski definition) is 3. The summed E-state index contributed by atoms with van der Waals surface area (Å²) in [6.45, 7) is -0.0276. The van der Waals surface area contributed by atoms with Gasteiger partial charge in [-0.15, -0.1) is 0 Å². The summed E-state index contributed by atoms with van der Waals surface area (Å²) >= 11 is 0. The van der Waals surface area contributed by atoms with Gasteiger partial charge in [0.25, 0.3) is 0 Å². The molecule has 1 aromatic rings. The highest BCUT2D eigenvalue weighted by molar-refractivity contribution is 5.99. The smallest absolute Gasteiger partial charge is 0.325 e. The van der Waals surface area contributed by atoms with E-state index >= 15 is 0 Å². The molecule has 0 atom stereocenters. The van der Waals surface area contributed by atoms with Crippen LogP contribution in [0, 0.1) is 6.42 Å². The Morgan fingerprint density at radius 2 is 2.18 bits per heavy atom. The van der Waals surface area contributed by atoms with Crippen LogP contribution in [0.5, 0.6) is 0 Å². The third-order valence-electron chi connectivity index (χ3n) is 2.77. The van der Waals surface area contributed by atoms with E-state index in [0.29, 0.717) is 12.8 Å². The first-order valence-corrected chi connectivity index (χ1v) is 5.52. The normalized spacial score (nSPS) is 15.1. The van der Waals surface area contributed by atoms with E-state index in [2.05, 4.69) is 4.74 Å². The van der Waals surface area contributed by atoms with Gasteiger partial charge in [-0.3, -0.25) is 9.59 Å². The summed E-state index contributed by atoms with van der Waals surface area (Å²) in [4.78, 5) is 24.7. The Morgan fingerprint density at radius 1 is 1.41 bits per heavy atom. The molecule has 0 saturated carbocycles. The van der Waals surface area contributed by atoms with Gasteiger partial charge in [-0.2, -0.15) is 0 Å². The number of carbonyl (C=O) groups is 2. The summed E-state index contributed by atoms with van der Waals surface area (Å²) in [5, 5.41) is 0. The molecule has 0 fully saturated rings. The van der Waals surface area contributed by atoms with E-state index in [1.54, 1.807) is 0 Å². The van der Waals surface area contributed by atoms with Gasteiger partial charge in [0.2, 0.25) is 5.91 Å². The molecule has 0 spiro atoms. The molecule has 1 aliphatic heterocycles. The third-order valence-corrected chi connectivity index (χ3v) is 2.77. The first-order valence-electron chi connectivity index (χ1n) is 5.52. The van der Waals surface area contributed by atoms with Crippen LogP contribution >= 0.6 is 0 Å². The number of hydrogen-bond donors (Lipinski definition) is 0. The van der Waals surface area contributed by atoms with Crippen molar-refractivity contribution in [2.24, 2.45) is 0 Å². The van der Waals surface area contributed by atoms with E-state index in [-0.39, 0.29) is 12.5 Å². The van der Waals surface area contributed by atoms with Gasteiger partial charge in [-0.1, -0.05) is 18.2 Å². The topological polar surface area (TPSA) is 46.6 Å². The molecule has 0 aliphatic carbocycles. The van der Waals surface area contributed by atoms with Crippen LogP contribution < -0.4 is 4.90 Å². The summed E-state index contributed by atoms with van der Waals surface area (Å²) in [6.07, 6.45) is 3.14. The molecular weight excluding hydrogens is 218 g/mol. The first kappa shape index (κ1) is 11.6. The van der Waals surface area contributed by atoms with Gasteiger partial charge in [0.05, 0.1) is 7.11 Å². The lowest BCUT2D eigenvalue weighted by Gasteiger charge is -2.21. The van der Waals surface area contributed by atoms with Gasteiger partial charge in [0.15, 0.2) is 0 Å². The van der Waals surface area contributed by atoms with E-state index in [0.717, 1.165) is 11.3 Å². The highest BCUT2D eigenvalue weighted by atomic mass is 16.5. The summed E-state index contributed by atoms with van der Waals surface area (Å²) in [5.41, 5.74) is 1.77. The quantitative estimate of drug-likeness (QED) is 0.727. The van der Waals surface area contributed by atoms with Crippen LogP contribution in [0.15, 0.2) is 24.3 Å². The van der Waals surface area contributed by atoms with Crippen LogP contribution in [0.3, 0.4) is 0 Å². The van der Waals surface area contributed by atoms with E-state index in [1.807, 2.05) is 30.7 Å². The first-order chi connectivity index (χ1) is 8.22. The average molecular weight is 232 g/mol. The van der Waals surface area contributed by atoms with E-state index in [4.69, 9.17) is 0 Å². The predicted octanol–water partition coefficient (Wildman–Crippen LogP) is 1.54. The fourth-order valence-electron chi connectivity index (χ4n) is 1.89. The van der Waals surface area contributed by atoms with Crippen LogP contribution in [0.25, 0.3) is 0 Å². The Bertz CT molecular complexity index is 442. The Labute approximate surface area is 100 Å². The van der Waals surface area contributed by atoms with Crippen molar-refractivity contribution in [1.82, 2.24) is 0 Å². The molecule has 2 rings (SSSR count). The summed E-state index contributed by atoms with van der Waals surface area (Å²) < 4.78 is 4.61. The number of esters is 1. The third kappa shape index (κ3) is 2.46. The van der Waals surface area contributed by atoms with Crippen LogP contribution in [0.4, 0.5) is 5.69 Å². The molecule has 0 N–H and O–H groups in total. The summed E-state index contributed by atoms with van der Waals surface area (Å²) in [7, 11) is 1.32. The van der Waals surface area contributed by atoms with Gasteiger partial charge in [0, 0.05) is 12.1 Å². The fourth-order valence-corrected chi connectivity index (χ4v) is 1.89. The summed E-state index contributed by atoms with van der Waals surface area (Å²) in [6, 6.07) is 7.56. The van der Waals surface area contributed by atoms with Gasteiger partial charge in [0.1, 0.15) is 6.54 Å². The second-order valence-electron chi connectivity index (χ2n) is 3.86. The molecule has 1 aliphatic rings. The van der Waals surface area contributed by atoms with Crippen molar-refractivity contribution in [1.29, 1.82) is 0 Å². The fraction of sp³-hybridized carbons (Fsp3) is 0.308. The molecule has 1 radical (unpaired) electrons. The monoisotopic (exact) mass is 232 g/mol. The lowest BCUT2D eigenvalue weighted by atomic mass is 10.1. The van der Waals surface area contributed by atoms with E-state index in [9.17, 15) is 9.59 Å². The number of benzene rings is 1. The molecule has 89 valence electrons. The molecule has 0 aromatic heterocycles. The van der Waals surface area contributed by atoms with Crippen LogP contribution in [-0.4, -0.2) is 25.5 Å². The zero-order valence-corrected chi connectivity index (χ0v) is 9.68. The van der Waals surface area contributed by atoms with Gasteiger partial charge in [-0.05, 0) is 24.5 Å². The average Bonchev–Trinajstić information content (AvgIpc) is 2.50. The van der Waals surface area contributed by atoms with Crippen molar-refractivity contribution < 1.29 is 14.3 Å². The van der Waals surface area contributed by atoms with Gasteiger partial charge in [-0.25, -0.2) is 0 Å². The zero-order chi connectivity index (χ0) is 12.3. The zero-order valence-electron chi connectivity index (χ0n) is 9.68. The SMILES string of the molecule is COC(=O)CN1C(=O)CC[CH]c2ccccc21. The number of anilines is 1. The minimum absolute atomic E-state index is 0.0276. The standard InChI is InChI=1S/C13H14NO3/c1-17-13(16)9-14-11-7-3-2-5-10(11)6-4-8-12(14)15/h2-3,5-7H,4,8-9H2,1H3. The molecule has 0 unspecified atom stereocenters. The van der Waals surface area contributed by atoms with Crippen molar-refractivity contribution in [3.63, 3.8) is 0 Å². The number of amides is 1. The van der Waals surface area contributed by atoms with Crippen LogP contribution in [-0.2, 0) is 14.3 Å². The maximum absolute atomic E-state index is 11.9. The Kier molecular flexibility index (Phi) is 3.42. The number of nitrogens with zero attached hydrogens (tertiary/aromatic N) is 1. The molecule has 17 heavy (non-hydrogen) atoms. The van der Waals surface area contributed by atoms with Crippen LogP contribution in [0.1, 0.15) is 18.4 Å². The predicted molar refractivity (Wildman–Crippen MR) is 63.4 cm³/mol. The maximum atomic E-state index is 11.9. The molecule has 4 nitrogen and oxygen atoms in total. The number of para-hydroxylation sites is 1. The number of fused-ring (bicyclic) bond motifs is 1. The minimum atomic E-state index is -0.407. The van der Waals surface area contributed by atoms with E-state index < -0.39 is 5.97 Å². The lowest BCUT2D eigenvalue weighted by Crippen LogP contribution is -2.35. The number of methoxy groups -OCH3 is 1. The second kappa shape index (κ2) is 4.99.